The lowest BCUT2D eigenvalue weighted by molar-refractivity contribution is -0.233. The highest BCUT2D eigenvalue weighted by molar-refractivity contribution is 9.10. The minimum absolute atomic E-state index is 0.0975. The molecule has 1 aliphatic rings. The van der Waals surface area contributed by atoms with Crippen LogP contribution in [-0.4, -0.2) is 13.2 Å². The zero-order valence-corrected chi connectivity index (χ0v) is 9.83. The second-order valence-corrected chi connectivity index (χ2v) is 5.04. The molecule has 0 unspecified atom stereocenters. The van der Waals surface area contributed by atoms with Gasteiger partial charge in [0, 0.05) is 5.41 Å². The highest BCUT2D eigenvalue weighted by Crippen LogP contribution is 2.32. The first-order valence-electron chi connectivity index (χ1n) is 4.55. The van der Waals surface area contributed by atoms with Crippen molar-refractivity contribution in [1.29, 1.82) is 0 Å². The van der Waals surface area contributed by atoms with E-state index in [-0.39, 0.29) is 11.7 Å². The predicted octanol–water partition coefficient (Wildman–Crippen LogP) is 3.11. The molecule has 0 spiro atoms. The van der Waals surface area contributed by atoms with Crippen LogP contribution in [0.2, 0.25) is 0 Å². The van der Waals surface area contributed by atoms with Crippen LogP contribution in [0.25, 0.3) is 0 Å². The van der Waals surface area contributed by atoms with E-state index in [1.165, 1.54) is 0 Å². The predicted molar refractivity (Wildman–Crippen MR) is 54.8 cm³/mol. The smallest absolute Gasteiger partial charge is 0.217 e. The maximum absolute atomic E-state index is 5.56. The third kappa shape index (κ3) is 2.19. The van der Waals surface area contributed by atoms with Crippen LogP contribution in [0, 0.1) is 5.41 Å². The fourth-order valence-electron chi connectivity index (χ4n) is 1.31. The average Bonchev–Trinajstić information content (AvgIpc) is 2.52. The molecular weight excluding hydrogens is 248 g/mol. The summed E-state index contributed by atoms with van der Waals surface area (Å²) in [6.45, 7) is 5.61. The summed E-state index contributed by atoms with van der Waals surface area (Å²) >= 11 is 3.24. The Hall–Kier alpha value is -0.320. The summed E-state index contributed by atoms with van der Waals surface area (Å²) in [5, 5.41) is 0. The molecule has 2 rings (SSSR count). The molecule has 0 bridgehead atoms. The number of furan rings is 1. The average molecular weight is 261 g/mol. The molecule has 0 amide bonds. The van der Waals surface area contributed by atoms with Gasteiger partial charge in [-0.1, -0.05) is 13.8 Å². The number of hydrogen-bond donors (Lipinski definition) is 0. The zero-order chi connectivity index (χ0) is 10.2. The molecule has 2 heterocycles. The monoisotopic (exact) mass is 260 g/mol. The molecule has 0 aromatic carbocycles. The Kier molecular flexibility index (Phi) is 2.68. The lowest BCUT2D eigenvalue weighted by Gasteiger charge is -2.33. The van der Waals surface area contributed by atoms with E-state index in [0.29, 0.717) is 23.6 Å². The van der Waals surface area contributed by atoms with Crippen molar-refractivity contribution >= 4 is 15.9 Å². The highest BCUT2D eigenvalue weighted by atomic mass is 79.9. The van der Waals surface area contributed by atoms with Crippen molar-refractivity contribution in [3.05, 3.63) is 22.6 Å². The van der Waals surface area contributed by atoms with Gasteiger partial charge in [-0.25, -0.2) is 0 Å². The topological polar surface area (TPSA) is 31.6 Å². The van der Waals surface area contributed by atoms with Gasteiger partial charge in [0.15, 0.2) is 10.4 Å². The molecule has 78 valence electrons. The van der Waals surface area contributed by atoms with Crippen LogP contribution < -0.4 is 0 Å². The molecule has 1 fully saturated rings. The SMILES string of the molecule is CC1(C)COC(c2ccc(Br)o2)OC1. The van der Waals surface area contributed by atoms with E-state index >= 15 is 0 Å². The van der Waals surface area contributed by atoms with Crippen molar-refractivity contribution in [1.82, 2.24) is 0 Å². The number of halogens is 1. The summed E-state index contributed by atoms with van der Waals surface area (Å²) in [6.07, 6.45) is -0.352. The Bertz CT molecular complexity index is 309. The quantitative estimate of drug-likeness (QED) is 0.778. The van der Waals surface area contributed by atoms with Crippen LogP contribution in [0.15, 0.2) is 21.2 Å². The lowest BCUT2D eigenvalue weighted by Crippen LogP contribution is -2.33. The lowest BCUT2D eigenvalue weighted by atomic mass is 9.95. The first kappa shape index (κ1) is 10.2. The summed E-state index contributed by atoms with van der Waals surface area (Å²) in [5.74, 6) is 0.715. The van der Waals surface area contributed by atoms with E-state index in [1.54, 1.807) is 0 Å². The molecule has 0 radical (unpaired) electrons. The summed E-state index contributed by atoms with van der Waals surface area (Å²) in [4.78, 5) is 0. The van der Waals surface area contributed by atoms with Crippen LogP contribution in [0.5, 0.6) is 0 Å². The first-order chi connectivity index (χ1) is 6.57. The van der Waals surface area contributed by atoms with Crippen LogP contribution in [0.4, 0.5) is 0 Å². The number of rotatable bonds is 1. The molecule has 0 atom stereocenters. The van der Waals surface area contributed by atoms with E-state index in [9.17, 15) is 0 Å². The van der Waals surface area contributed by atoms with Crippen LogP contribution in [0.1, 0.15) is 25.9 Å². The Labute approximate surface area is 91.5 Å². The Morgan fingerprint density at radius 3 is 2.43 bits per heavy atom. The molecule has 1 aromatic heterocycles. The van der Waals surface area contributed by atoms with Crippen molar-refractivity contribution in [2.75, 3.05) is 13.2 Å². The molecule has 4 heteroatoms. The van der Waals surface area contributed by atoms with Gasteiger partial charge in [-0.05, 0) is 28.1 Å². The van der Waals surface area contributed by atoms with Crippen molar-refractivity contribution in [2.45, 2.75) is 20.1 Å². The summed E-state index contributed by atoms with van der Waals surface area (Å²) in [6, 6.07) is 3.69. The van der Waals surface area contributed by atoms with E-state index in [0.717, 1.165) is 0 Å². The van der Waals surface area contributed by atoms with E-state index in [1.807, 2.05) is 12.1 Å². The number of ether oxygens (including phenoxy) is 2. The van der Waals surface area contributed by atoms with Crippen molar-refractivity contribution in [2.24, 2.45) is 5.41 Å². The van der Waals surface area contributed by atoms with Crippen molar-refractivity contribution in [3.63, 3.8) is 0 Å². The molecule has 1 aliphatic heterocycles. The van der Waals surface area contributed by atoms with Gasteiger partial charge in [0.2, 0.25) is 6.29 Å². The minimum Gasteiger partial charge on any atom is -0.449 e. The molecule has 0 aliphatic carbocycles. The van der Waals surface area contributed by atoms with Gasteiger partial charge < -0.3 is 13.9 Å². The molecular formula is C10H13BrO3. The standard InChI is InChI=1S/C10H13BrO3/c1-10(2)5-12-9(13-6-10)7-3-4-8(11)14-7/h3-4,9H,5-6H2,1-2H3. The molecule has 1 saturated heterocycles. The summed E-state index contributed by atoms with van der Waals surface area (Å²) < 4.78 is 17.2. The summed E-state index contributed by atoms with van der Waals surface area (Å²) in [7, 11) is 0. The first-order valence-corrected chi connectivity index (χ1v) is 5.35. The van der Waals surface area contributed by atoms with Gasteiger partial charge in [0.25, 0.3) is 0 Å². The molecule has 0 N–H and O–H groups in total. The van der Waals surface area contributed by atoms with E-state index in [4.69, 9.17) is 13.9 Å². The van der Waals surface area contributed by atoms with Gasteiger partial charge in [-0.2, -0.15) is 0 Å². The fraction of sp³-hybridized carbons (Fsp3) is 0.600. The third-order valence-corrected chi connectivity index (χ3v) is 2.50. The van der Waals surface area contributed by atoms with Gasteiger partial charge in [-0.15, -0.1) is 0 Å². The van der Waals surface area contributed by atoms with Gasteiger partial charge >= 0.3 is 0 Å². The molecule has 14 heavy (non-hydrogen) atoms. The maximum Gasteiger partial charge on any atom is 0.217 e. The molecule has 0 saturated carbocycles. The van der Waals surface area contributed by atoms with Crippen LogP contribution >= 0.6 is 15.9 Å². The summed E-state index contributed by atoms with van der Waals surface area (Å²) in [5.41, 5.74) is 0.0975. The van der Waals surface area contributed by atoms with Gasteiger partial charge in [0.1, 0.15) is 0 Å². The second-order valence-electron chi connectivity index (χ2n) is 4.26. The second kappa shape index (κ2) is 3.68. The fourth-order valence-corrected chi connectivity index (χ4v) is 1.63. The Balaban J connectivity index is 2.02. The minimum atomic E-state index is -0.352. The van der Waals surface area contributed by atoms with Gasteiger partial charge in [0.05, 0.1) is 13.2 Å². The van der Waals surface area contributed by atoms with E-state index < -0.39 is 0 Å². The number of hydrogen-bond acceptors (Lipinski definition) is 3. The van der Waals surface area contributed by atoms with Crippen molar-refractivity contribution < 1.29 is 13.9 Å². The molecule has 3 nitrogen and oxygen atoms in total. The normalized spacial score (nSPS) is 22.5. The van der Waals surface area contributed by atoms with E-state index in [2.05, 4.69) is 29.8 Å². The highest BCUT2D eigenvalue weighted by Gasteiger charge is 2.30. The largest absolute Gasteiger partial charge is 0.449 e. The third-order valence-electron chi connectivity index (χ3n) is 2.08. The van der Waals surface area contributed by atoms with Gasteiger partial charge in [-0.3, -0.25) is 0 Å². The zero-order valence-electron chi connectivity index (χ0n) is 8.25. The van der Waals surface area contributed by atoms with Crippen molar-refractivity contribution in [3.8, 4) is 0 Å². The van der Waals surface area contributed by atoms with Crippen LogP contribution in [-0.2, 0) is 9.47 Å². The maximum atomic E-state index is 5.56. The molecule has 1 aromatic rings. The Morgan fingerprint density at radius 2 is 1.93 bits per heavy atom. The van der Waals surface area contributed by atoms with Crippen LogP contribution in [0.3, 0.4) is 0 Å². The Morgan fingerprint density at radius 1 is 1.29 bits per heavy atom.